The van der Waals surface area contributed by atoms with E-state index in [9.17, 15) is 23.1 Å². The van der Waals surface area contributed by atoms with Gasteiger partial charge in [-0.2, -0.15) is 13.2 Å². The minimum absolute atomic E-state index is 0.345. The fourth-order valence-corrected chi connectivity index (χ4v) is 2.14. The molecule has 0 saturated carbocycles. The van der Waals surface area contributed by atoms with Crippen molar-refractivity contribution in [2.45, 2.75) is 18.7 Å². The summed E-state index contributed by atoms with van der Waals surface area (Å²) in [6.45, 7) is 0.431. The Bertz CT molecular complexity index is 702. The first kappa shape index (κ1) is 18.8. The van der Waals surface area contributed by atoms with E-state index in [0.717, 1.165) is 17.7 Å². The van der Waals surface area contributed by atoms with E-state index in [1.807, 2.05) is 6.92 Å². The molecule has 0 aliphatic carbocycles. The maximum absolute atomic E-state index is 13.3. The molecule has 0 fully saturated rings. The van der Waals surface area contributed by atoms with Crippen LogP contribution >= 0.6 is 0 Å². The summed E-state index contributed by atoms with van der Waals surface area (Å²) in [5.74, 6) is -0.339. The van der Waals surface area contributed by atoms with Gasteiger partial charge in [-0.15, -0.1) is 0 Å². The number of hydrogen-bond acceptors (Lipinski definition) is 3. The molecule has 0 bridgehead atoms. The highest BCUT2D eigenvalue weighted by atomic mass is 19.4. The van der Waals surface area contributed by atoms with E-state index in [-0.39, 0.29) is 5.56 Å². The van der Waals surface area contributed by atoms with Crippen molar-refractivity contribution >= 4 is 5.91 Å². The molecule has 0 saturated heterocycles. The smallest absolute Gasteiger partial charge is 0.423 e. The second kappa shape index (κ2) is 7.57. The Kier molecular flexibility index (Phi) is 5.69. The molecule has 2 N–H and O–H groups in total. The number of nitrogens with one attached hydrogen (secondary N) is 1. The van der Waals surface area contributed by atoms with Crippen molar-refractivity contribution in [2.24, 2.45) is 0 Å². The fraction of sp³-hybridized carbons (Fsp3) is 0.278. The van der Waals surface area contributed by atoms with Gasteiger partial charge >= 0.3 is 6.18 Å². The number of benzene rings is 2. The molecule has 4 nitrogen and oxygen atoms in total. The van der Waals surface area contributed by atoms with Gasteiger partial charge in [-0.1, -0.05) is 48.0 Å². The zero-order valence-electron chi connectivity index (χ0n) is 13.5. The first-order valence-electron chi connectivity index (χ1n) is 7.53. The molecule has 0 radical (unpaired) electrons. The molecular formula is C18H18F3NO3. The third kappa shape index (κ3) is 4.73. The van der Waals surface area contributed by atoms with Crippen LogP contribution in [-0.4, -0.2) is 30.3 Å². The van der Waals surface area contributed by atoms with Crippen LogP contribution in [0.5, 0.6) is 5.75 Å². The van der Waals surface area contributed by atoms with Crippen LogP contribution in [-0.2, 0) is 10.4 Å². The van der Waals surface area contributed by atoms with Gasteiger partial charge in [-0.05, 0) is 24.6 Å². The van der Waals surface area contributed by atoms with Crippen LogP contribution in [0.4, 0.5) is 13.2 Å². The van der Waals surface area contributed by atoms with Gasteiger partial charge in [0.2, 0.25) is 5.60 Å². The molecule has 7 heteroatoms. The summed E-state index contributed by atoms with van der Waals surface area (Å²) in [5, 5.41) is 12.2. The standard InChI is InChI=1S/C18H18F3NO3/c1-13-7-9-15(10-8-13)25-11-16(23)22-12-17(24,18(19,20)21)14-5-3-2-4-6-14/h2-10,24H,11-12H2,1H3,(H,22,23). The van der Waals surface area contributed by atoms with Gasteiger partial charge in [-0.25, -0.2) is 0 Å². The van der Waals surface area contributed by atoms with Crippen molar-refractivity contribution in [1.82, 2.24) is 5.32 Å². The normalized spacial score (nSPS) is 13.8. The summed E-state index contributed by atoms with van der Waals surface area (Å²) in [7, 11) is 0. The van der Waals surface area contributed by atoms with E-state index >= 15 is 0 Å². The summed E-state index contributed by atoms with van der Waals surface area (Å²) < 4.78 is 45.1. The largest absolute Gasteiger partial charge is 0.484 e. The van der Waals surface area contributed by atoms with Gasteiger partial charge in [0.05, 0.1) is 6.54 Å². The zero-order chi connectivity index (χ0) is 18.5. The van der Waals surface area contributed by atoms with E-state index in [2.05, 4.69) is 5.32 Å². The average Bonchev–Trinajstić information content (AvgIpc) is 2.59. The molecular weight excluding hydrogens is 335 g/mol. The maximum Gasteiger partial charge on any atom is 0.423 e. The second-order valence-electron chi connectivity index (χ2n) is 5.60. The van der Waals surface area contributed by atoms with Crippen LogP contribution in [0.3, 0.4) is 0 Å². The molecule has 0 aliphatic rings. The van der Waals surface area contributed by atoms with E-state index < -0.39 is 30.8 Å². The van der Waals surface area contributed by atoms with Gasteiger partial charge in [-0.3, -0.25) is 4.79 Å². The Balaban J connectivity index is 1.98. The molecule has 1 unspecified atom stereocenters. The van der Waals surface area contributed by atoms with Crippen LogP contribution in [0.25, 0.3) is 0 Å². The summed E-state index contributed by atoms with van der Waals surface area (Å²) >= 11 is 0. The monoisotopic (exact) mass is 353 g/mol. The number of aliphatic hydroxyl groups is 1. The minimum Gasteiger partial charge on any atom is -0.484 e. The van der Waals surface area contributed by atoms with Gasteiger partial charge < -0.3 is 15.2 Å². The zero-order valence-corrected chi connectivity index (χ0v) is 13.5. The Morgan fingerprint density at radius 1 is 1.08 bits per heavy atom. The number of alkyl halides is 3. The number of hydrogen-bond donors (Lipinski definition) is 2. The first-order valence-corrected chi connectivity index (χ1v) is 7.53. The highest BCUT2D eigenvalue weighted by molar-refractivity contribution is 5.77. The topological polar surface area (TPSA) is 58.6 Å². The van der Waals surface area contributed by atoms with E-state index in [1.54, 1.807) is 24.3 Å². The molecule has 0 aliphatic heterocycles. The number of aryl methyl sites for hydroxylation is 1. The highest BCUT2D eigenvalue weighted by Crippen LogP contribution is 2.38. The van der Waals surface area contributed by atoms with Crippen LogP contribution in [0.15, 0.2) is 54.6 Å². The van der Waals surface area contributed by atoms with Gasteiger partial charge in [0, 0.05) is 0 Å². The Morgan fingerprint density at radius 3 is 2.24 bits per heavy atom. The summed E-state index contributed by atoms with van der Waals surface area (Å²) in [6.07, 6.45) is -4.94. The van der Waals surface area contributed by atoms with Crippen LogP contribution < -0.4 is 10.1 Å². The molecule has 0 aromatic heterocycles. The third-order valence-electron chi connectivity index (χ3n) is 3.65. The highest BCUT2D eigenvalue weighted by Gasteiger charge is 2.55. The number of halogens is 3. The average molecular weight is 353 g/mol. The number of rotatable bonds is 6. The predicted molar refractivity (Wildman–Crippen MR) is 86.1 cm³/mol. The number of carbonyl (C=O) groups is 1. The van der Waals surface area contributed by atoms with Crippen molar-refractivity contribution in [1.29, 1.82) is 0 Å². The van der Waals surface area contributed by atoms with Crippen LogP contribution in [0, 0.1) is 6.92 Å². The molecule has 25 heavy (non-hydrogen) atoms. The van der Waals surface area contributed by atoms with Crippen molar-refractivity contribution in [3.63, 3.8) is 0 Å². The summed E-state index contributed by atoms with van der Waals surface area (Å²) in [5.41, 5.74) is -2.51. The first-order chi connectivity index (χ1) is 11.7. The number of carbonyl (C=O) groups excluding carboxylic acids is 1. The number of ether oxygens (including phenoxy) is 1. The molecule has 1 atom stereocenters. The molecule has 2 aromatic rings. The molecule has 0 spiro atoms. The van der Waals surface area contributed by atoms with E-state index in [4.69, 9.17) is 4.74 Å². The number of amides is 1. The van der Waals surface area contributed by atoms with Crippen molar-refractivity contribution in [3.05, 3.63) is 65.7 Å². The van der Waals surface area contributed by atoms with E-state index in [1.165, 1.54) is 18.2 Å². The molecule has 134 valence electrons. The van der Waals surface area contributed by atoms with Gasteiger partial charge in [0.1, 0.15) is 5.75 Å². The molecule has 2 aromatic carbocycles. The van der Waals surface area contributed by atoms with E-state index in [0.29, 0.717) is 5.75 Å². The Morgan fingerprint density at radius 2 is 1.68 bits per heavy atom. The van der Waals surface area contributed by atoms with Crippen molar-refractivity contribution in [3.8, 4) is 5.75 Å². The lowest BCUT2D eigenvalue weighted by atomic mass is 9.93. The van der Waals surface area contributed by atoms with Crippen LogP contribution in [0.1, 0.15) is 11.1 Å². The SMILES string of the molecule is Cc1ccc(OCC(=O)NCC(O)(c2ccccc2)C(F)(F)F)cc1. The van der Waals surface area contributed by atoms with Crippen molar-refractivity contribution in [2.75, 3.05) is 13.2 Å². The fourth-order valence-electron chi connectivity index (χ4n) is 2.14. The molecule has 1 amide bonds. The molecule has 0 heterocycles. The molecule has 2 rings (SSSR count). The Hall–Kier alpha value is -2.54. The lowest BCUT2D eigenvalue weighted by Gasteiger charge is -2.31. The summed E-state index contributed by atoms with van der Waals surface area (Å²) in [4.78, 5) is 11.8. The maximum atomic E-state index is 13.3. The van der Waals surface area contributed by atoms with Crippen molar-refractivity contribution < 1.29 is 27.8 Å². The quantitative estimate of drug-likeness (QED) is 0.840. The minimum atomic E-state index is -4.94. The second-order valence-corrected chi connectivity index (χ2v) is 5.60. The third-order valence-corrected chi connectivity index (χ3v) is 3.65. The van der Waals surface area contributed by atoms with Crippen LogP contribution in [0.2, 0.25) is 0 Å². The predicted octanol–water partition coefficient (Wildman–Crippen LogP) is 2.94. The summed E-state index contributed by atoms with van der Waals surface area (Å²) in [6, 6.07) is 13.5. The lowest BCUT2D eigenvalue weighted by molar-refractivity contribution is -0.264. The lowest BCUT2D eigenvalue weighted by Crippen LogP contribution is -2.51. The Labute approximate surface area is 143 Å². The van der Waals surface area contributed by atoms with Gasteiger partial charge in [0.25, 0.3) is 5.91 Å². The van der Waals surface area contributed by atoms with Gasteiger partial charge in [0.15, 0.2) is 6.61 Å².